The first kappa shape index (κ1) is 31.3. The van der Waals surface area contributed by atoms with Gasteiger partial charge in [0, 0.05) is 17.6 Å². The van der Waals surface area contributed by atoms with Crippen molar-refractivity contribution in [1.29, 1.82) is 0 Å². The number of carbonyl (C=O) groups excluding carboxylic acids is 3. The second kappa shape index (κ2) is 13.0. The number of alkyl carbamates (subject to hydrolysis) is 1. The molecule has 0 saturated heterocycles. The predicted octanol–water partition coefficient (Wildman–Crippen LogP) is 5.22. The van der Waals surface area contributed by atoms with Crippen molar-refractivity contribution < 1.29 is 24.2 Å². The normalized spacial score (nSPS) is 13.6. The molecular weight excluding hydrogens is 458 g/mol. The summed E-state index contributed by atoms with van der Waals surface area (Å²) in [6.07, 6.45) is 1.13. The number of carbonyl (C=O) groups is 3. The SMILES string of the molecule is CCCCN(C(=O)C(CC(C)C)NC(=O)OC(C)(C)C)C(C(=O)NC(C)(C)C)c1cccc(C)c1O. The van der Waals surface area contributed by atoms with E-state index in [1.54, 1.807) is 45.9 Å². The highest BCUT2D eigenvalue weighted by Crippen LogP contribution is 2.33. The zero-order valence-electron chi connectivity index (χ0n) is 23.8. The van der Waals surface area contributed by atoms with Crippen molar-refractivity contribution in [2.45, 2.75) is 112 Å². The Morgan fingerprint density at radius 3 is 2.19 bits per heavy atom. The number of aromatic hydroxyl groups is 1. The molecule has 3 N–H and O–H groups in total. The Balaban J connectivity index is 3.59. The van der Waals surface area contributed by atoms with Crippen LogP contribution in [-0.4, -0.2) is 51.6 Å². The average Bonchev–Trinajstić information content (AvgIpc) is 2.69. The third-order valence-corrected chi connectivity index (χ3v) is 5.35. The van der Waals surface area contributed by atoms with Crippen LogP contribution in [0.1, 0.15) is 98.7 Å². The van der Waals surface area contributed by atoms with Crippen LogP contribution in [0.5, 0.6) is 5.75 Å². The lowest BCUT2D eigenvalue weighted by molar-refractivity contribution is -0.143. The highest BCUT2D eigenvalue weighted by molar-refractivity contribution is 5.92. The molecule has 0 fully saturated rings. The zero-order valence-corrected chi connectivity index (χ0v) is 23.8. The molecule has 2 unspecified atom stereocenters. The van der Waals surface area contributed by atoms with Crippen molar-refractivity contribution in [1.82, 2.24) is 15.5 Å². The number of nitrogens with one attached hydrogen (secondary N) is 2. The van der Waals surface area contributed by atoms with Gasteiger partial charge in [0.1, 0.15) is 23.4 Å². The smallest absolute Gasteiger partial charge is 0.408 e. The highest BCUT2D eigenvalue weighted by Gasteiger charge is 2.38. The van der Waals surface area contributed by atoms with E-state index in [0.717, 1.165) is 6.42 Å². The van der Waals surface area contributed by atoms with E-state index in [0.29, 0.717) is 24.0 Å². The molecule has 0 aliphatic rings. The molecule has 8 nitrogen and oxygen atoms in total. The van der Waals surface area contributed by atoms with Crippen LogP contribution < -0.4 is 10.6 Å². The number of nitrogens with zero attached hydrogens (tertiary/aromatic N) is 1. The van der Waals surface area contributed by atoms with Crippen LogP contribution in [0.2, 0.25) is 0 Å². The second-order valence-electron chi connectivity index (χ2n) is 11.9. The van der Waals surface area contributed by atoms with E-state index in [9.17, 15) is 19.5 Å². The minimum atomic E-state index is -1.07. The number of hydrogen-bond acceptors (Lipinski definition) is 5. The fourth-order valence-corrected chi connectivity index (χ4v) is 3.83. The molecule has 204 valence electrons. The Kier molecular flexibility index (Phi) is 11.3. The second-order valence-corrected chi connectivity index (χ2v) is 11.9. The molecular formula is C28H47N3O5. The number of unbranched alkanes of at least 4 members (excludes halogenated alkanes) is 1. The van der Waals surface area contributed by atoms with Gasteiger partial charge in [-0.1, -0.05) is 45.4 Å². The molecule has 0 heterocycles. The summed E-state index contributed by atoms with van der Waals surface area (Å²) in [5, 5.41) is 16.6. The number of phenolic OH excluding ortho intramolecular Hbond substituents is 1. The summed E-state index contributed by atoms with van der Waals surface area (Å²) in [5.41, 5.74) is -0.323. The summed E-state index contributed by atoms with van der Waals surface area (Å²) < 4.78 is 5.41. The van der Waals surface area contributed by atoms with E-state index < -0.39 is 41.1 Å². The number of amides is 3. The van der Waals surface area contributed by atoms with Gasteiger partial charge in [-0.3, -0.25) is 9.59 Å². The molecule has 3 amide bonds. The average molecular weight is 506 g/mol. The zero-order chi connectivity index (χ0) is 27.8. The third-order valence-electron chi connectivity index (χ3n) is 5.35. The molecule has 1 rings (SSSR count). The Labute approximate surface area is 217 Å². The van der Waals surface area contributed by atoms with Gasteiger partial charge in [-0.2, -0.15) is 0 Å². The van der Waals surface area contributed by atoms with Crippen LogP contribution in [0.25, 0.3) is 0 Å². The molecule has 1 aromatic rings. The molecule has 1 aromatic carbocycles. The van der Waals surface area contributed by atoms with Crippen molar-refractivity contribution in [3.05, 3.63) is 29.3 Å². The van der Waals surface area contributed by atoms with Crippen molar-refractivity contribution in [2.75, 3.05) is 6.54 Å². The van der Waals surface area contributed by atoms with E-state index in [1.165, 1.54) is 4.90 Å². The molecule has 0 bridgehead atoms. The van der Waals surface area contributed by atoms with Gasteiger partial charge in [0.25, 0.3) is 0 Å². The molecule has 0 aliphatic heterocycles. The maximum absolute atomic E-state index is 14.1. The van der Waals surface area contributed by atoms with Crippen LogP contribution in [0.15, 0.2) is 18.2 Å². The summed E-state index contributed by atoms with van der Waals surface area (Å²) in [7, 11) is 0. The van der Waals surface area contributed by atoms with E-state index in [2.05, 4.69) is 10.6 Å². The van der Waals surface area contributed by atoms with Gasteiger partial charge >= 0.3 is 6.09 Å². The maximum Gasteiger partial charge on any atom is 0.408 e. The van der Waals surface area contributed by atoms with Crippen LogP contribution in [0.4, 0.5) is 4.79 Å². The number of benzene rings is 1. The summed E-state index contributed by atoms with van der Waals surface area (Å²) in [6.45, 7) is 18.8. The lowest BCUT2D eigenvalue weighted by Gasteiger charge is -2.36. The topological polar surface area (TPSA) is 108 Å². The van der Waals surface area contributed by atoms with Crippen LogP contribution in [-0.2, 0) is 14.3 Å². The summed E-state index contributed by atoms with van der Waals surface area (Å²) in [4.78, 5) is 41.8. The Bertz CT molecular complexity index is 899. The van der Waals surface area contributed by atoms with Crippen molar-refractivity contribution in [3.63, 3.8) is 0 Å². The number of aryl methyl sites for hydroxylation is 1. The number of ether oxygens (including phenoxy) is 1. The molecule has 0 radical (unpaired) electrons. The van der Waals surface area contributed by atoms with Gasteiger partial charge < -0.3 is 25.4 Å². The lowest BCUT2D eigenvalue weighted by atomic mass is 9.96. The summed E-state index contributed by atoms with van der Waals surface area (Å²) in [6, 6.07) is 3.21. The monoisotopic (exact) mass is 505 g/mol. The summed E-state index contributed by atoms with van der Waals surface area (Å²) in [5.74, 6) is -0.719. The Morgan fingerprint density at radius 2 is 1.69 bits per heavy atom. The van der Waals surface area contributed by atoms with Gasteiger partial charge in [0.05, 0.1) is 0 Å². The van der Waals surface area contributed by atoms with Crippen molar-refractivity contribution >= 4 is 17.9 Å². The lowest BCUT2D eigenvalue weighted by Crippen LogP contribution is -2.55. The first-order valence-electron chi connectivity index (χ1n) is 12.9. The van der Waals surface area contributed by atoms with E-state index in [4.69, 9.17) is 4.74 Å². The molecule has 0 aliphatic carbocycles. The first-order valence-corrected chi connectivity index (χ1v) is 12.9. The Hall–Kier alpha value is -2.77. The maximum atomic E-state index is 14.1. The van der Waals surface area contributed by atoms with Gasteiger partial charge in [-0.25, -0.2) is 4.79 Å². The van der Waals surface area contributed by atoms with Crippen molar-refractivity contribution in [2.24, 2.45) is 5.92 Å². The van der Waals surface area contributed by atoms with E-state index in [-0.39, 0.29) is 18.2 Å². The van der Waals surface area contributed by atoms with Crippen LogP contribution >= 0.6 is 0 Å². The number of hydrogen-bond donors (Lipinski definition) is 3. The van der Waals surface area contributed by atoms with Gasteiger partial charge in [-0.05, 0) is 72.8 Å². The minimum absolute atomic E-state index is 0.0265. The third kappa shape index (κ3) is 10.1. The quantitative estimate of drug-likeness (QED) is 0.404. The fourth-order valence-electron chi connectivity index (χ4n) is 3.83. The predicted molar refractivity (Wildman–Crippen MR) is 143 cm³/mol. The molecule has 8 heteroatoms. The molecule has 0 saturated carbocycles. The number of para-hydroxylation sites is 1. The highest BCUT2D eigenvalue weighted by atomic mass is 16.6. The number of rotatable bonds is 10. The van der Waals surface area contributed by atoms with E-state index in [1.807, 2.05) is 41.5 Å². The molecule has 2 atom stereocenters. The fraction of sp³-hybridized carbons (Fsp3) is 0.679. The Morgan fingerprint density at radius 1 is 1.08 bits per heavy atom. The van der Waals surface area contributed by atoms with Gasteiger partial charge in [-0.15, -0.1) is 0 Å². The summed E-state index contributed by atoms with van der Waals surface area (Å²) >= 11 is 0. The van der Waals surface area contributed by atoms with E-state index >= 15 is 0 Å². The largest absolute Gasteiger partial charge is 0.507 e. The minimum Gasteiger partial charge on any atom is -0.507 e. The van der Waals surface area contributed by atoms with Gasteiger partial charge in [0.15, 0.2) is 0 Å². The van der Waals surface area contributed by atoms with Gasteiger partial charge in [0.2, 0.25) is 11.8 Å². The molecule has 36 heavy (non-hydrogen) atoms. The molecule has 0 spiro atoms. The number of phenols is 1. The first-order chi connectivity index (χ1) is 16.5. The van der Waals surface area contributed by atoms with Crippen LogP contribution in [0, 0.1) is 12.8 Å². The standard InChI is InChI=1S/C28H47N3O5/c1-11-12-16-31(25(34)21(17-18(2)3)29-26(35)36-28(8,9)10)22(24(33)30-27(5,6)7)20-15-13-14-19(4)23(20)32/h13-15,18,21-22,32H,11-12,16-17H2,1-10H3,(H,29,35)(H,30,33). The van der Waals surface area contributed by atoms with Crippen molar-refractivity contribution in [3.8, 4) is 5.75 Å². The van der Waals surface area contributed by atoms with Crippen LogP contribution in [0.3, 0.4) is 0 Å². The molecule has 0 aromatic heterocycles.